The van der Waals surface area contributed by atoms with Crippen LogP contribution in [-0.2, 0) is 0 Å². The first-order valence-corrected chi connectivity index (χ1v) is 6.34. The van der Waals surface area contributed by atoms with Crippen molar-refractivity contribution in [3.63, 3.8) is 0 Å². The Bertz CT molecular complexity index is 611. The third kappa shape index (κ3) is 2.73. The van der Waals surface area contributed by atoms with Crippen molar-refractivity contribution in [2.45, 2.75) is 18.4 Å². The van der Waals surface area contributed by atoms with Crippen LogP contribution in [0.2, 0.25) is 5.02 Å². The number of phenolic OH excluding ortho intramolecular Hbond substituents is 1. The Balaban J connectivity index is 0.00000147. The molecule has 1 aliphatic carbocycles. The molecular weight excluding hydrogens is 302 g/mol. The van der Waals surface area contributed by atoms with Gasteiger partial charge in [-0.25, -0.2) is 4.39 Å². The molecule has 0 amide bonds. The number of aromatic nitrogens is 1. The first kappa shape index (κ1) is 15.0. The molecule has 1 aromatic carbocycles. The molecule has 3 rings (SSSR count). The maximum Gasteiger partial charge on any atom is 0.183 e. The normalized spacial score (nSPS) is 20.4. The zero-order valence-electron chi connectivity index (χ0n) is 10.4. The summed E-state index contributed by atoms with van der Waals surface area (Å²) in [5.41, 5.74) is 8.10. The molecule has 3 N–H and O–H groups in total. The average molecular weight is 315 g/mol. The van der Waals surface area contributed by atoms with Crippen LogP contribution in [0.3, 0.4) is 0 Å². The Morgan fingerprint density at radius 3 is 2.55 bits per heavy atom. The lowest BCUT2D eigenvalue weighted by molar-refractivity contribution is 0.433. The van der Waals surface area contributed by atoms with Crippen LogP contribution in [0.1, 0.15) is 17.9 Å². The molecule has 106 valence electrons. The molecule has 2 aromatic rings. The van der Waals surface area contributed by atoms with Gasteiger partial charge in [-0.3, -0.25) is 4.98 Å². The summed E-state index contributed by atoms with van der Waals surface area (Å²) in [5.74, 6) is -0.893. The van der Waals surface area contributed by atoms with E-state index in [-0.39, 0.29) is 23.5 Å². The maximum absolute atomic E-state index is 13.2. The Morgan fingerprint density at radius 2 is 2.05 bits per heavy atom. The van der Waals surface area contributed by atoms with Gasteiger partial charge in [0.1, 0.15) is 0 Å². The predicted molar refractivity (Wildman–Crippen MR) is 78.9 cm³/mol. The van der Waals surface area contributed by atoms with Gasteiger partial charge in [0.2, 0.25) is 0 Å². The lowest BCUT2D eigenvalue weighted by atomic mass is 10.1. The van der Waals surface area contributed by atoms with Gasteiger partial charge in [-0.05, 0) is 30.2 Å². The molecule has 0 radical (unpaired) electrons. The summed E-state index contributed by atoms with van der Waals surface area (Å²) in [6.07, 6.45) is 2.76. The van der Waals surface area contributed by atoms with Crippen LogP contribution in [0.4, 0.5) is 4.39 Å². The minimum Gasteiger partial charge on any atom is -0.505 e. The standard InChI is InChI=1S/C14H12ClFN2O.ClH/c15-10-3-8(4-13(19)14(10)16)12-2-1-7(6-18-12)9-5-11(9)17;/h1-4,6,9,11,19H,5,17H2;1H/t9-,11+;/m0./s1. The van der Waals surface area contributed by atoms with Gasteiger partial charge in [0, 0.05) is 23.7 Å². The molecule has 0 bridgehead atoms. The van der Waals surface area contributed by atoms with Gasteiger partial charge < -0.3 is 10.8 Å². The third-order valence-electron chi connectivity index (χ3n) is 3.36. The number of hydrogen-bond acceptors (Lipinski definition) is 3. The number of pyridine rings is 1. The van der Waals surface area contributed by atoms with Crippen LogP contribution < -0.4 is 5.73 Å². The third-order valence-corrected chi connectivity index (χ3v) is 3.63. The fourth-order valence-corrected chi connectivity index (χ4v) is 2.33. The van der Waals surface area contributed by atoms with Crippen molar-refractivity contribution < 1.29 is 9.50 Å². The Kier molecular flexibility index (Phi) is 4.18. The van der Waals surface area contributed by atoms with E-state index in [9.17, 15) is 9.50 Å². The highest BCUT2D eigenvalue weighted by Crippen LogP contribution is 2.39. The van der Waals surface area contributed by atoms with Gasteiger partial charge in [-0.1, -0.05) is 17.7 Å². The SMILES string of the molecule is Cl.N[C@@H]1C[C@H]1c1ccc(-c2cc(O)c(F)c(Cl)c2)nc1. The van der Waals surface area contributed by atoms with Gasteiger partial charge >= 0.3 is 0 Å². The van der Waals surface area contributed by atoms with Crippen LogP contribution in [0, 0.1) is 5.82 Å². The number of aromatic hydroxyl groups is 1. The second kappa shape index (κ2) is 5.56. The molecular formula is C14H13Cl2FN2O. The summed E-state index contributed by atoms with van der Waals surface area (Å²) in [4.78, 5) is 4.31. The number of nitrogens with two attached hydrogens (primary N) is 1. The molecule has 2 atom stereocenters. The molecule has 1 heterocycles. The van der Waals surface area contributed by atoms with E-state index < -0.39 is 11.6 Å². The van der Waals surface area contributed by atoms with Crippen molar-refractivity contribution in [2.75, 3.05) is 0 Å². The minimum absolute atomic E-state index is 0. The van der Waals surface area contributed by atoms with E-state index >= 15 is 0 Å². The van der Waals surface area contributed by atoms with E-state index in [2.05, 4.69) is 4.98 Å². The van der Waals surface area contributed by atoms with Crippen molar-refractivity contribution in [3.05, 3.63) is 46.9 Å². The lowest BCUT2D eigenvalue weighted by Crippen LogP contribution is -2.01. The largest absolute Gasteiger partial charge is 0.505 e. The quantitative estimate of drug-likeness (QED) is 0.892. The summed E-state index contributed by atoms with van der Waals surface area (Å²) in [6.45, 7) is 0. The van der Waals surface area contributed by atoms with E-state index in [1.54, 1.807) is 6.20 Å². The van der Waals surface area contributed by atoms with E-state index in [1.807, 2.05) is 12.1 Å². The van der Waals surface area contributed by atoms with Gasteiger partial charge in [-0.15, -0.1) is 12.4 Å². The molecule has 1 aliphatic rings. The number of nitrogens with zero attached hydrogens (tertiary/aromatic N) is 1. The second-order valence-electron chi connectivity index (χ2n) is 4.77. The molecule has 0 spiro atoms. The smallest absolute Gasteiger partial charge is 0.183 e. The summed E-state index contributed by atoms with van der Waals surface area (Å²) in [6, 6.07) is 6.77. The van der Waals surface area contributed by atoms with Crippen molar-refractivity contribution in [2.24, 2.45) is 5.73 Å². The lowest BCUT2D eigenvalue weighted by Gasteiger charge is -2.05. The summed E-state index contributed by atoms with van der Waals surface area (Å²) in [7, 11) is 0. The van der Waals surface area contributed by atoms with Crippen molar-refractivity contribution in [1.29, 1.82) is 0 Å². The molecule has 1 saturated carbocycles. The summed E-state index contributed by atoms with van der Waals surface area (Å²) in [5, 5.41) is 9.31. The van der Waals surface area contributed by atoms with Crippen molar-refractivity contribution >= 4 is 24.0 Å². The zero-order valence-corrected chi connectivity index (χ0v) is 12.0. The molecule has 0 aliphatic heterocycles. The zero-order chi connectivity index (χ0) is 13.6. The van der Waals surface area contributed by atoms with E-state index in [4.69, 9.17) is 17.3 Å². The molecule has 6 heteroatoms. The monoisotopic (exact) mass is 314 g/mol. The van der Waals surface area contributed by atoms with Crippen LogP contribution in [0.15, 0.2) is 30.5 Å². The van der Waals surface area contributed by atoms with Gasteiger partial charge in [0.05, 0.1) is 10.7 Å². The fraction of sp³-hybridized carbons (Fsp3) is 0.214. The number of phenols is 1. The van der Waals surface area contributed by atoms with Gasteiger partial charge in [0.15, 0.2) is 11.6 Å². The summed E-state index contributed by atoms with van der Waals surface area (Å²) >= 11 is 5.70. The van der Waals surface area contributed by atoms with E-state index in [1.165, 1.54) is 12.1 Å². The fourth-order valence-electron chi connectivity index (χ4n) is 2.12. The highest BCUT2D eigenvalue weighted by Gasteiger charge is 2.34. The maximum atomic E-state index is 13.2. The molecule has 0 saturated heterocycles. The Morgan fingerprint density at radius 1 is 1.35 bits per heavy atom. The molecule has 3 nitrogen and oxygen atoms in total. The van der Waals surface area contributed by atoms with Gasteiger partial charge in [-0.2, -0.15) is 0 Å². The van der Waals surface area contributed by atoms with Crippen LogP contribution in [0.5, 0.6) is 5.75 Å². The number of benzene rings is 1. The number of rotatable bonds is 2. The highest BCUT2D eigenvalue weighted by atomic mass is 35.5. The molecule has 0 unspecified atom stereocenters. The first-order chi connectivity index (χ1) is 9.06. The van der Waals surface area contributed by atoms with Crippen molar-refractivity contribution in [1.82, 2.24) is 4.98 Å². The topological polar surface area (TPSA) is 59.1 Å². The van der Waals surface area contributed by atoms with Crippen molar-refractivity contribution in [3.8, 4) is 17.0 Å². The Hall–Kier alpha value is -1.36. The molecule has 1 fully saturated rings. The molecule has 20 heavy (non-hydrogen) atoms. The van der Waals surface area contributed by atoms with E-state index in [0.29, 0.717) is 17.2 Å². The van der Waals surface area contributed by atoms with Crippen LogP contribution in [0.25, 0.3) is 11.3 Å². The van der Waals surface area contributed by atoms with Crippen LogP contribution in [-0.4, -0.2) is 16.1 Å². The second-order valence-corrected chi connectivity index (χ2v) is 5.18. The number of hydrogen-bond donors (Lipinski definition) is 2. The Labute approximate surface area is 127 Å². The molecule has 1 aromatic heterocycles. The average Bonchev–Trinajstić information content (AvgIpc) is 3.13. The minimum atomic E-state index is -0.814. The number of halogens is 3. The van der Waals surface area contributed by atoms with Gasteiger partial charge in [0.25, 0.3) is 0 Å². The highest BCUT2D eigenvalue weighted by molar-refractivity contribution is 6.31. The predicted octanol–water partition coefficient (Wildman–Crippen LogP) is 3.48. The van der Waals surface area contributed by atoms with Crippen LogP contribution >= 0.6 is 24.0 Å². The van der Waals surface area contributed by atoms with E-state index in [0.717, 1.165) is 12.0 Å². The summed E-state index contributed by atoms with van der Waals surface area (Å²) < 4.78 is 13.2. The first-order valence-electron chi connectivity index (χ1n) is 5.96.